The van der Waals surface area contributed by atoms with Crippen molar-refractivity contribution in [1.82, 2.24) is 5.32 Å². The standard InChI is InChI=1S/C14H19NO4/c1-8(2)11(7-12(16)17)15-14(19)10-6-4-5-9(3)13(10)18/h4-6,8,11,18H,7H2,1-3H3,(H,15,19)(H,16,17). The number of phenolic OH excluding ortho intramolecular Hbond substituents is 1. The smallest absolute Gasteiger partial charge is 0.305 e. The number of hydrogen-bond acceptors (Lipinski definition) is 3. The fraction of sp³-hybridized carbons (Fsp3) is 0.429. The van der Waals surface area contributed by atoms with Gasteiger partial charge in [-0.1, -0.05) is 26.0 Å². The Hall–Kier alpha value is -2.04. The van der Waals surface area contributed by atoms with Crippen LogP contribution >= 0.6 is 0 Å². The average Bonchev–Trinajstić information content (AvgIpc) is 2.31. The number of carboxylic acid groups (broad SMARTS) is 1. The molecule has 0 aliphatic heterocycles. The van der Waals surface area contributed by atoms with Gasteiger partial charge in [0.1, 0.15) is 5.75 Å². The zero-order valence-corrected chi connectivity index (χ0v) is 11.3. The number of carboxylic acids is 1. The largest absolute Gasteiger partial charge is 0.507 e. The lowest BCUT2D eigenvalue weighted by Crippen LogP contribution is -2.40. The van der Waals surface area contributed by atoms with Crippen LogP contribution in [0.5, 0.6) is 5.75 Å². The Kier molecular flexibility index (Phi) is 4.92. The Balaban J connectivity index is 2.88. The third-order valence-corrected chi connectivity index (χ3v) is 3.00. The molecule has 0 aromatic heterocycles. The number of carbonyl (C=O) groups excluding carboxylic acids is 1. The Labute approximate surface area is 112 Å². The van der Waals surface area contributed by atoms with Gasteiger partial charge in [-0.25, -0.2) is 0 Å². The highest BCUT2D eigenvalue weighted by Gasteiger charge is 2.21. The molecule has 0 aliphatic rings. The second-order valence-electron chi connectivity index (χ2n) is 4.89. The van der Waals surface area contributed by atoms with Crippen molar-refractivity contribution in [2.75, 3.05) is 0 Å². The summed E-state index contributed by atoms with van der Waals surface area (Å²) >= 11 is 0. The number of benzene rings is 1. The molecule has 1 rings (SSSR count). The molecule has 1 amide bonds. The van der Waals surface area contributed by atoms with E-state index in [1.165, 1.54) is 6.07 Å². The fourth-order valence-corrected chi connectivity index (χ4v) is 1.73. The van der Waals surface area contributed by atoms with Crippen LogP contribution in [0.1, 0.15) is 36.2 Å². The van der Waals surface area contributed by atoms with E-state index < -0.39 is 17.9 Å². The average molecular weight is 265 g/mol. The lowest BCUT2D eigenvalue weighted by molar-refractivity contribution is -0.137. The minimum atomic E-state index is -0.965. The van der Waals surface area contributed by atoms with Crippen molar-refractivity contribution in [1.29, 1.82) is 0 Å². The fourth-order valence-electron chi connectivity index (χ4n) is 1.73. The van der Waals surface area contributed by atoms with Gasteiger partial charge in [0.2, 0.25) is 0 Å². The van der Waals surface area contributed by atoms with Gasteiger partial charge in [-0.2, -0.15) is 0 Å². The number of aryl methyl sites for hydroxylation is 1. The summed E-state index contributed by atoms with van der Waals surface area (Å²) < 4.78 is 0. The summed E-state index contributed by atoms with van der Waals surface area (Å²) in [7, 11) is 0. The van der Waals surface area contributed by atoms with Crippen LogP contribution in [-0.2, 0) is 4.79 Å². The molecule has 0 aliphatic carbocycles. The quantitative estimate of drug-likeness (QED) is 0.759. The SMILES string of the molecule is Cc1cccc(C(=O)NC(CC(=O)O)C(C)C)c1O. The topological polar surface area (TPSA) is 86.6 Å². The van der Waals surface area contributed by atoms with Gasteiger partial charge in [-0.05, 0) is 24.5 Å². The van der Waals surface area contributed by atoms with Crippen molar-refractivity contribution >= 4 is 11.9 Å². The van der Waals surface area contributed by atoms with Crippen molar-refractivity contribution in [3.8, 4) is 5.75 Å². The van der Waals surface area contributed by atoms with E-state index in [9.17, 15) is 14.7 Å². The molecule has 104 valence electrons. The Morgan fingerprint density at radius 2 is 1.95 bits per heavy atom. The molecule has 1 aromatic carbocycles. The van der Waals surface area contributed by atoms with E-state index >= 15 is 0 Å². The van der Waals surface area contributed by atoms with E-state index in [0.29, 0.717) is 5.56 Å². The number of amides is 1. The number of para-hydroxylation sites is 1. The summed E-state index contributed by atoms with van der Waals surface area (Å²) in [6.45, 7) is 5.37. The summed E-state index contributed by atoms with van der Waals surface area (Å²) in [6.07, 6.45) is -0.143. The van der Waals surface area contributed by atoms with E-state index in [-0.39, 0.29) is 23.7 Å². The number of aliphatic carboxylic acids is 1. The van der Waals surface area contributed by atoms with Gasteiger partial charge >= 0.3 is 5.97 Å². The maximum absolute atomic E-state index is 12.1. The highest BCUT2D eigenvalue weighted by Crippen LogP contribution is 2.21. The van der Waals surface area contributed by atoms with E-state index in [2.05, 4.69) is 5.32 Å². The molecule has 5 nitrogen and oxygen atoms in total. The number of carbonyl (C=O) groups is 2. The molecule has 0 spiro atoms. The van der Waals surface area contributed by atoms with Crippen LogP contribution in [0.3, 0.4) is 0 Å². The molecule has 5 heteroatoms. The predicted molar refractivity (Wildman–Crippen MR) is 71.2 cm³/mol. The lowest BCUT2D eigenvalue weighted by Gasteiger charge is -2.21. The predicted octanol–water partition coefficient (Wildman–Crippen LogP) is 1.93. The Morgan fingerprint density at radius 3 is 2.47 bits per heavy atom. The zero-order chi connectivity index (χ0) is 14.6. The third kappa shape index (κ3) is 3.98. The van der Waals surface area contributed by atoms with Crippen molar-refractivity contribution in [3.05, 3.63) is 29.3 Å². The summed E-state index contributed by atoms with van der Waals surface area (Å²) in [5.41, 5.74) is 0.767. The molecule has 3 N–H and O–H groups in total. The van der Waals surface area contributed by atoms with Crippen molar-refractivity contribution in [3.63, 3.8) is 0 Å². The first-order valence-electron chi connectivity index (χ1n) is 6.14. The van der Waals surface area contributed by atoms with E-state index in [0.717, 1.165) is 0 Å². The molecule has 0 heterocycles. The third-order valence-electron chi connectivity index (χ3n) is 3.00. The number of hydrogen-bond donors (Lipinski definition) is 3. The van der Waals surface area contributed by atoms with E-state index in [4.69, 9.17) is 5.11 Å². The summed E-state index contributed by atoms with van der Waals surface area (Å²) in [5, 5.41) is 21.3. The summed E-state index contributed by atoms with van der Waals surface area (Å²) in [6, 6.07) is 4.41. The van der Waals surface area contributed by atoms with Crippen LogP contribution in [0.4, 0.5) is 0 Å². The molecule has 1 atom stereocenters. The molecule has 0 saturated carbocycles. The van der Waals surface area contributed by atoms with Crippen LogP contribution < -0.4 is 5.32 Å². The normalized spacial score (nSPS) is 12.2. The van der Waals surface area contributed by atoms with Gasteiger partial charge in [0, 0.05) is 6.04 Å². The molecule has 19 heavy (non-hydrogen) atoms. The lowest BCUT2D eigenvalue weighted by atomic mass is 10.00. The van der Waals surface area contributed by atoms with Crippen LogP contribution in [0.25, 0.3) is 0 Å². The molecular weight excluding hydrogens is 246 g/mol. The number of rotatable bonds is 5. The van der Waals surface area contributed by atoms with Gasteiger partial charge in [0.25, 0.3) is 5.91 Å². The minimum Gasteiger partial charge on any atom is -0.507 e. The second-order valence-corrected chi connectivity index (χ2v) is 4.89. The summed E-state index contributed by atoms with van der Waals surface area (Å²) in [5.74, 6) is -1.50. The molecular formula is C14H19NO4. The summed E-state index contributed by atoms with van der Waals surface area (Å²) in [4.78, 5) is 22.8. The van der Waals surface area contributed by atoms with Crippen LogP contribution in [0.2, 0.25) is 0 Å². The molecule has 0 radical (unpaired) electrons. The van der Waals surface area contributed by atoms with Crippen molar-refractivity contribution < 1.29 is 19.8 Å². The molecule has 1 unspecified atom stereocenters. The van der Waals surface area contributed by atoms with Gasteiger partial charge in [-0.3, -0.25) is 9.59 Å². The monoisotopic (exact) mass is 265 g/mol. The van der Waals surface area contributed by atoms with E-state index in [1.807, 2.05) is 13.8 Å². The first-order chi connectivity index (χ1) is 8.82. The molecule has 0 saturated heterocycles. The van der Waals surface area contributed by atoms with Crippen LogP contribution in [0, 0.1) is 12.8 Å². The highest BCUT2D eigenvalue weighted by molar-refractivity contribution is 5.97. The minimum absolute atomic E-state index is 0.00741. The van der Waals surface area contributed by atoms with Crippen LogP contribution in [-0.4, -0.2) is 28.1 Å². The second kappa shape index (κ2) is 6.22. The van der Waals surface area contributed by atoms with Crippen molar-refractivity contribution in [2.24, 2.45) is 5.92 Å². The van der Waals surface area contributed by atoms with E-state index in [1.54, 1.807) is 19.1 Å². The number of phenols is 1. The highest BCUT2D eigenvalue weighted by atomic mass is 16.4. The van der Waals surface area contributed by atoms with Gasteiger partial charge in [0.15, 0.2) is 0 Å². The zero-order valence-electron chi connectivity index (χ0n) is 11.3. The Bertz CT molecular complexity index is 482. The van der Waals surface area contributed by atoms with Gasteiger partial charge < -0.3 is 15.5 Å². The number of aromatic hydroxyl groups is 1. The van der Waals surface area contributed by atoms with Gasteiger partial charge in [-0.15, -0.1) is 0 Å². The van der Waals surface area contributed by atoms with Crippen LogP contribution in [0.15, 0.2) is 18.2 Å². The van der Waals surface area contributed by atoms with Gasteiger partial charge in [0.05, 0.1) is 12.0 Å². The first-order valence-corrected chi connectivity index (χ1v) is 6.14. The molecule has 1 aromatic rings. The molecule has 0 fully saturated rings. The maximum Gasteiger partial charge on any atom is 0.305 e. The Morgan fingerprint density at radius 1 is 1.32 bits per heavy atom. The van der Waals surface area contributed by atoms with Crippen molar-refractivity contribution in [2.45, 2.75) is 33.2 Å². The maximum atomic E-state index is 12.1. The number of nitrogens with one attached hydrogen (secondary N) is 1. The molecule has 0 bridgehead atoms. The first kappa shape index (κ1) is 15.0.